The number of hydrogen-bond donors (Lipinski definition) is 1. The van der Waals surface area contributed by atoms with Gasteiger partial charge in [0.05, 0.1) is 30.3 Å². The van der Waals surface area contributed by atoms with Gasteiger partial charge >= 0.3 is 0 Å². The van der Waals surface area contributed by atoms with Crippen LogP contribution in [0.2, 0.25) is 0 Å². The molecule has 4 rings (SSSR count). The lowest BCUT2D eigenvalue weighted by Gasteiger charge is -2.10. The molecule has 10 heteroatoms. The number of nitriles is 1. The number of ether oxygens (including phenoxy) is 3. The van der Waals surface area contributed by atoms with Crippen LogP contribution in [0.4, 0.5) is 5.69 Å². The molecule has 0 radical (unpaired) electrons. The van der Waals surface area contributed by atoms with E-state index in [4.69, 9.17) is 26.4 Å². The second-order valence-corrected chi connectivity index (χ2v) is 8.25. The van der Waals surface area contributed by atoms with Gasteiger partial charge in [-0.15, -0.1) is 11.3 Å². The second kappa shape index (κ2) is 8.79. The van der Waals surface area contributed by atoms with Crippen LogP contribution in [-0.4, -0.2) is 41.1 Å². The Hall–Kier alpha value is -3.00. The Labute approximate surface area is 182 Å². The first-order valence-electron chi connectivity index (χ1n) is 9.23. The molecule has 0 amide bonds. The highest BCUT2D eigenvalue weighted by molar-refractivity contribution is 7.73. The maximum Gasteiger partial charge on any atom is 0.258 e. The molecular formula is C20H18N4O4S2. The molecule has 154 valence electrons. The van der Waals surface area contributed by atoms with Crippen LogP contribution in [0.1, 0.15) is 17.7 Å². The van der Waals surface area contributed by atoms with Gasteiger partial charge in [-0.2, -0.15) is 10.3 Å². The van der Waals surface area contributed by atoms with E-state index in [0.29, 0.717) is 26.8 Å². The van der Waals surface area contributed by atoms with Gasteiger partial charge in [-0.05, 0) is 49.3 Å². The van der Waals surface area contributed by atoms with Crippen molar-refractivity contribution < 1.29 is 19.3 Å². The summed E-state index contributed by atoms with van der Waals surface area (Å²) in [6.07, 6.45) is 3.55. The number of aromatic nitrogens is 1. The van der Waals surface area contributed by atoms with Crippen molar-refractivity contribution in [2.45, 2.75) is 25.5 Å². The number of aliphatic imine (C=N–C) groups is 2. The van der Waals surface area contributed by atoms with Crippen LogP contribution in [0.25, 0.3) is 6.08 Å². The lowest BCUT2D eigenvalue weighted by molar-refractivity contribution is 0.0948. The molecule has 1 saturated heterocycles. The van der Waals surface area contributed by atoms with Crippen molar-refractivity contribution in [3.05, 3.63) is 39.0 Å². The highest BCUT2D eigenvalue weighted by atomic mass is 32.1. The zero-order chi connectivity index (χ0) is 21.1. The van der Waals surface area contributed by atoms with Gasteiger partial charge in [0.15, 0.2) is 3.95 Å². The minimum atomic E-state index is 0.0332. The molecule has 1 aromatic heterocycles. The van der Waals surface area contributed by atoms with Crippen LogP contribution in [0, 0.1) is 15.3 Å². The lowest BCUT2D eigenvalue weighted by Crippen LogP contribution is -2.14. The molecule has 0 saturated carbocycles. The van der Waals surface area contributed by atoms with Gasteiger partial charge < -0.3 is 19.3 Å². The Kier molecular flexibility index (Phi) is 5.94. The van der Waals surface area contributed by atoms with Crippen LogP contribution >= 0.6 is 23.6 Å². The first kappa shape index (κ1) is 20.3. The van der Waals surface area contributed by atoms with Crippen molar-refractivity contribution in [3.63, 3.8) is 0 Å². The second-order valence-electron chi connectivity index (χ2n) is 6.57. The Morgan fingerprint density at radius 1 is 1.47 bits per heavy atom. The monoisotopic (exact) mass is 442 g/mol. The predicted octanol–water partition coefficient (Wildman–Crippen LogP) is 4.20. The minimum Gasteiger partial charge on any atom is -0.497 e. The molecule has 8 nitrogen and oxygen atoms in total. The van der Waals surface area contributed by atoms with Crippen molar-refractivity contribution in [2.75, 3.05) is 13.7 Å². The summed E-state index contributed by atoms with van der Waals surface area (Å²) >= 11 is 6.63. The molecule has 2 aliphatic heterocycles. The van der Waals surface area contributed by atoms with Crippen molar-refractivity contribution in [3.8, 4) is 17.7 Å². The molecule has 3 heterocycles. The van der Waals surface area contributed by atoms with E-state index in [0.717, 1.165) is 19.4 Å². The summed E-state index contributed by atoms with van der Waals surface area (Å²) in [6.45, 7) is 1.23. The quantitative estimate of drug-likeness (QED) is 0.697. The average molecular weight is 443 g/mol. The summed E-state index contributed by atoms with van der Waals surface area (Å²) in [5.41, 5.74) is 0.648. The van der Waals surface area contributed by atoms with Crippen LogP contribution < -0.4 is 4.74 Å². The third kappa shape index (κ3) is 4.28. The molecule has 2 aliphatic rings. The van der Waals surface area contributed by atoms with Gasteiger partial charge in [0.1, 0.15) is 11.8 Å². The third-order valence-electron chi connectivity index (χ3n) is 4.59. The van der Waals surface area contributed by atoms with Gasteiger partial charge in [-0.25, -0.2) is 4.99 Å². The van der Waals surface area contributed by atoms with E-state index in [-0.39, 0.29) is 29.5 Å². The molecule has 2 aromatic rings. The molecule has 30 heavy (non-hydrogen) atoms. The summed E-state index contributed by atoms with van der Waals surface area (Å²) in [6, 6.07) is 8.99. The van der Waals surface area contributed by atoms with Gasteiger partial charge in [-0.1, -0.05) is 0 Å². The number of nitrogens with zero attached hydrogens (tertiary/aromatic N) is 4. The SMILES string of the molecule is COc1ccc(N=C2O/C(=C/c3sc(=S)n(C[C@H]4CCCO4)c3O)N=C2C#N)cc1. The standard InChI is InChI=1S/C20H18N4O4S2/c1-26-13-6-4-12(5-7-13)22-18-15(10-21)23-17(28-18)9-16-19(25)24(20(29)30-16)11-14-3-2-8-27-14/h4-7,9,14,25H,2-3,8,11H2,1H3/b17-9+,22-18?/t14-/m1/s1. The first-order valence-corrected chi connectivity index (χ1v) is 10.5. The summed E-state index contributed by atoms with van der Waals surface area (Å²) in [5.74, 6) is 0.988. The van der Waals surface area contributed by atoms with E-state index in [1.807, 2.05) is 6.07 Å². The summed E-state index contributed by atoms with van der Waals surface area (Å²) < 4.78 is 18.6. The zero-order valence-corrected chi connectivity index (χ0v) is 17.7. The molecular weight excluding hydrogens is 424 g/mol. The number of methoxy groups -OCH3 is 1. The van der Waals surface area contributed by atoms with Crippen molar-refractivity contribution in [1.29, 1.82) is 5.26 Å². The van der Waals surface area contributed by atoms with Gasteiger partial charge in [0, 0.05) is 12.7 Å². The minimum absolute atomic E-state index is 0.0332. The highest BCUT2D eigenvalue weighted by Crippen LogP contribution is 2.31. The average Bonchev–Trinajstić information content (AvgIpc) is 3.46. The largest absolute Gasteiger partial charge is 0.497 e. The number of hydrogen-bond acceptors (Lipinski definition) is 9. The van der Waals surface area contributed by atoms with Crippen LogP contribution in [0.15, 0.2) is 40.1 Å². The fourth-order valence-electron chi connectivity index (χ4n) is 3.09. The van der Waals surface area contributed by atoms with E-state index < -0.39 is 0 Å². The van der Waals surface area contributed by atoms with Gasteiger partial charge in [0.2, 0.25) is 17.5 Å². The van der Waals surface area contributed by atoms with E-state index in [9.17, 15) is 10.4 Å². The molecule has 0 aliphatic carbocycles. The van der Waals surface area contributed by atoms with Crippen molar-refractivity contribution >= 4 is 46.9 Å². The van der Waals surface area contributed by atoms with E-state index in [2.05, 4.69) is 9.98 Å². The Morgan fingerprint density at radius 3 is 2.93 bits per heavy atom. The maximum atomic E-state index is 10.6. The fraction of sp³-hybridized carbons (Fsp3) is 0.300. The number of aromatic hydroxyl groups is 1. The van der Waals surface area contributed by atoms with Gasteiger partial charge in [-0.3, -0.25) is 4.57 Å². The molecule has 0 unspecified atom stereocenters. The molecule has 1 atom stereocenters. The molecule has 1 aromatic carbocycles. The van der Waals surface area contributed by atoms with Crippen LogP contribution in [0.3, 0.4) is 0 Å². The van der Waals surface area contributed by atoms with Crippen molar-refractivity contribution in [2.24, 2.45) is 9.98 Å². The summed E-state index contributed by atoms with van der Waals surface area (Å²) in [4.78, 5) is 9.00. The summed E-state index contributed by atoms with van der Waals surface area (Å²) in [7, 11) is 1.58. The van der Waals surface area contributed by atoms with Gasteiger partial charge in [0.25, 0.3) is 5.90 Å². The topological polar surface area (TPSA) is 101 Å². The number of benzene rings is 1. The molecule has 1 fully saturated rings. The molecule has 1 N–H and O–H groups in total. The highest BCUT2D eigenvalue weighted by Gasteiger charge is 2.24. The maximum absolute atomic E-state index is 10.6. The Bertz CT molecular complexity index is 1130. The van der Waals surface area contributed by atoms with E-state index >= 15 is 0 Å². The molecule has 0 spiro atoms. The number of rotatable bonds is 5. The van der Waals surface area contributed by atoms with Crippen LogP contribution in [-0.2, 0) is 16.0 Å². The van der Waals surface area contributed by atoms with Crippen molar-refractivity contribution in [1.82, 2.24) is 4.57 Å². The van der Waals surface area contributed by atoms with E-state index in [1.54, 1.807) is 42.0 Å². The lowest BCUT2D eigenvalue weighted by atomic mass is 10.2. The zero-order valence-electron chi connectivity index (χ0n) is 16.1. The predicted molar refractivity (Wildman–Crippen MR) is 116 cm³/mol. The Balaban J connectivity index is 1.57. The van der Waals surface area contributed by atoms with E-state index in [1.165, 1.54) is 11.3 Å². The van der Waals surface area contributed by atoms with Crippen LogP contribution in [0.5, 0.6) is 11.6 Å². The Morgan fingerprint density at radius 2 is 2.27 bits per heavy atom. The normalized spacial score (nSPS) is 20.9. The third-order valence-corrected chi connectivity index (χ3v) is 5.98. The molecule has 0 bridgehead atoms. The smallest absolute Gasteiger partial charge is 0.258 e. The first-order chi connectivity index (χ1) is 14.6. The number of thiazole rings is 1. The fourth-order valence-corrected chi connectivity index (χ4v) is 4.34. The summed E-state index contributed by atoms with van der Waals surface area (Å²) in [5, 5.41) is 20.0.